The van der Waals surface area contributed by atoms with Gasteiger partial charge < -0.3 is 14.9 Å². The molecule has 1 aliphatic rings. The molecule has 0 aromatic rings. The molecular weight excluding hydrogens is 252 g/mol. The SMILES string of the molecule is CC(C)(C)N(CCC(=O)O)C(=O)N1CCSCC1. The summed E-state index contributed by atoms with van der Waals surface area (Å²) in [6, 6.07) is -0.0379. The third-order valence-electron chi connectivity index (χ3n) is 2.87. The highest BCUT2D eigenvalue weighted by atomic mass is 32.2. The van der Waals surface area contributed by atoms with Gasteiger partial charge in [-0.15, -0.1) is 0 Å². The van der Waals surface area contributed by atoms with Crippen LogP contribution < -0.4 is 0 Å². The van der Waals surface area contributed by atoms with Gasteiger partial charge in [-0.1, -0.05) is 0 Å². The summed E-state index contributed by atoms with van der Waals surface area (Å²) < 4.78 is 0. The molecule has 0 unspecified atom stereocenters. The van der Waals surface area contributed by atoms with Gasteiger partial charge in [0.25, 0.3) is 0 Å². The topological polar surface area (TPSA) is 60.9 Å². The molecule has 0 spiro atoms. The monoisotopic (exact) mass is 274 g/mol. The van der Waals surface area contributed by atoms with E-state index in [-0.39, 0.29) is 24.5 Å². The summed E-state index contributed by atoms with van der Waals surface area (Å²) in [4.78, 5) is 26.6. The van der Waals surface area contributed by atoms with Gasteiger partial charge in [-0.2, -0.15) is 11.8 Å². The van der Waals surface area contributed by atoms with Crippen LogP contribution in [0, 0.1) is 0 Å². The van der Waals surface area contributed by atoms with Gasteiger partial charge in [-0.25, -0.2) is 4.79 Å². The van der Waals surface area contributed by atoms with Crippen LogP contribution in [0.25, 0.3) is 0 Å². The Morgan fingerprint density at radius 1 is 1.28 bits per heavy atom. The predicted octanol–water partition coefficient (Wildman–Crippen LogP) is 1.73. The second-order valence-corrected chi connectivity index (χ2v) is 6.57. The molecule has 0 aromatic carbocycles. The molecule has 1 N–H and O–H groups in total. The van der Waals surface area contributed by atoms with E-state index in [1.807, 2.05) is 37.4 Å². The number of carboxylic acid groups (broad SMARTS) is 1. The number of hydrogen-bond donors (Lipinski definition) is 1. The summed E-state index contributed by atoms with van der Waals surface area (Å²) in [5, 5.41) is 8.77. The van der Waals surface area contributed by atoms with Gasteiger partial charge in [-0.05, 0) is 20.8 Å². The third-order valence-corrected chi connectivity index (χ3v) is 3.81. The number of aliphatic carboxylic acids is 1. The summed E-state index contributed by atoms with van der Waals surface area (Å²) in [5.41, 5.74) is -0.350. The van der Waals surface area contributed by atoms with Crippen LogP contribution in [-0.2, 0) is 4.79 Å². The fourth-order valence-corrected chi connectivity index (χ4v) is 2.75. The molecule has 6 heteroatoms. The number of nitrogens with zero attached hydrogens (tertiary/aromatic N) is 2. The van der Waals surface area contributed by atoms with Crippen LogP contribution in [0.1, 0.15) is 27.2 Å². The van der Waals surface area contributed by atoms with Crippen molar-refractivity contribution in [1.82, 2.24) is 9.80 Å². The van der Waals surface area contributed by atoms with E-state index in [9.17, 15) is 9.59 Å². The number of rotatable bonds is 3. The Bertz CT molecular complexity index is 309. The Morgan fingerprint density at radius 2 is 1.83 bits per heavy atom. The number of carbonyl (C=O) groups excluding carboxylic acids is 1. The van der Waals surface area contributed by atoms with Gasteiger partial charge in [0.15, 0.2) is 0 Å². The normalized spacial score (nSPS) is 16.5. The van der Waals surface area contributed by atoms with E-state index >= 15 is 0 Å². The van der Waals surface area contributed by atoms with Crippen molar-refractivity contribution in [1.29, 1.82) is 0 Å². The smallest absolute Gasteiger partial charge is 0.320 e. The van der Waals surface area contributed by atoms with Crippen molar-refractivity contribution in [3.05, 3.63) is 0 Å². The van der Waals surface area contributed by atoms with E-state index in [0.29, 0.717) is 0 Å². The van der Waals surface area contributed by atoms with Crippen LogP contribution in [0.15, 0.2) is 0 Å². The maximum atomic E-state index is 12.4. The molecule has 18 heavy (non-hydrogen) atoms. The summed E-state index contributed by atoms with van der Waals surface area (Å²) in [5.74, 6) is 1.05. The highest BCUT2D eigenvalue weighted by molar-refractivity contribution is 7.99. The minimum absolute atomic E-state index is 0.00833. The molecule has 1 heterocycles. The first kappa shape index (κ1) is 15.1. The lowest BCUT2D eigenvalue weighted by Crippen LogP contribution is -2.54. The first-order valence-corrected chi connectivity index (χ1v) is 7.34. The lowest BCUT2D eigenvalue weighted by Gasteiger charge is -2.40. The highest BCUT2D eigenvalue weighted by Gasteiger charge is 2.30. The van der Waals surface area contributed by atoms with E-state index in [2.05, 4.69) is 0 Å². The molecule has 1 fully saturated rings. The number of amides is 2. The number of carbonyl (C=O) groups is 2. The lowest BCUT2D eigenvalue weighted by atomic mass is 10.1. The minimum atomic E-state index is -0.869. The molecule has 0 atom stereocenters. The van der Waals surface area contributed by atoms with Gasteiger partial charge in [0.05, 0.1) is 6.42 Å². The zero-order valence-corrected chi connectivity index (χ0v) is 12.1. The maximum Gasteiger partial charge on any atom is 0.320 e. The van der Waals surface area contributed by atoms with Crippen LogP contribution in [0.5, 0.6) is 0 Å². The molecule has 0 bridgehead atoms. The largest absolute Gasteiger partial charge is 0.481 e. The van der Waals surface area contributed by atoms with Crippen molar-refractivity contribution in [3.63, 3.8) is 0 Å². The summed E-state index contributed by atoms with van der Waals surface area (Å²) >= 11 is 1.85. The molecule has 0 saturated carbocycles. The summed E-state index contributed by atoms with van der Waals surface area (Å²) in [7, 11) is 0. The quantitative estimate of drug-likeness (QED) is 0.851. The zero-order valence-electron chi connectivity index (χ0n) is 11.3. The van der Waals surface area contributed by atoms with E-state index < -0.39 is 5.97 Å². The van der Waals surface area contributed by atoms with Gasteiger partial charge in [0.1, 0.15) is 0 Å². The fraction of sp³-hybridized carbons (Fsp3) is 0.833. The van der Waals surface area contributed by atoms with E-state index in [1.165, 1.54) is 0 Å². The molecule has 5 nitrogen and oxygen atoms in total. The maximum absolute atomic E-state index is 12.4. The fourth-order valence-electron chi connectivity index (χ4n) is 1.85. The second-order valence-electron chi connectivity index (χ2n) is 5.35. The molecule has 0 aromatic heterocycles. The molecule has 0 aliphatic carbocycles. The Kier molecular flexibility index (Phi) is 5.31. The van der Waals surface area contributed by atoms with Gasteiger partial charge >= 0.3 is 12.0 Å². The first-order chi connectivity index (χ1) is 8.32. The molecular formula is C12H22N2O3S. The molecule has 0 radical (unpaired) electrons. The van der Waals surface area contributed by atoms with Crippen molar-refractivity contribution < 1.29 is 14.7 Å². The average Bonchev–Trinajstić information content (AvgIpc) is 2.28. The first-order valence-electron chi connectivity index (χ1n) is 6.18. The third kappa shape index (κ3) is 4.40. The number of urea groups is 1. The second kappa shape index (κ2) is 6.31. The van der Waals surface area contributed by atoms with Crippen LogP contribution >= 0.6 is 11.8 Å². The lowest BCUT2D eigenvalue weighted by molar-refractivity contribution is -0.137. The van der Waals surface area contributed by atoms with Crippen molar-refractivity contribution in [2.45, 2.75) is 32.7 Å². The van der Waals surface area contributed by atoms with Crippen LogP contribution in [0.2, 0.25) is 0 Å². The van der Waals surface area contributed by atoms with Crippen molar-refractivity contribution in [2.24, 2.45) is 0 Å². The Labute approximate surface area is 113 Å². The summed E-state index contributed by atoms with van der Waals surface area (Å²) in [6.45, 7) is 7.58. The van der Waals surface area contributed by atoms with Gasteiger partial charge in [-0.3, -0.25) is 4.79 Å². The van der Waals surface area contributed by atoms with E-state index in [4.69, 9.17) is 5.11 Å². The van der Waals surface area contributed by atoms with Gasteiger partial charge in [0, 0.05) is 36.7 Å². The molecule has 2 amide bonds. The van der Waals surface area contributed by atoms with Gasteiger partial charge in [0.2, 0.25) is 0 Å². The standard InChI is InChI=1S/C12H22N2O3S/c1-12(2,3)14(5-4-10(15)16)11(17)13-6-8-18-9-7-13/h4-9H2,1-3H3,(H,15,16). The van der Waals surface area contributed by atoms with Crippen molar-refractivity contribution in [2.75, 3.05) is 31.1 Å². The van der Waals surface area contributed by atoms with E-state index in [0.717, 1.165) is 24.6 Å². The Balaban J connectivity index is 2.68. The molecule has 1 aliphatic heterocycles. The van der Waals surface area contributed by atoms with E-state index in [1.54, 1.807) is 4.90 Å². The predicted molar refractivity (Wildman–Crippen MR) is 73.0 cm³/mol. The number of thioether (sulfide) groups is 1. The number of hydrogen-bond acceptors (Lipinski definition) is 3. The molecule has 104 valence electrons. The Hall–Kier alpha value is -0.910. The average molecular weight is 274 g/mol. The van der Waals surface area contributed by atoms with Crippen LogP contribution in [0.3, 0.4) is 0 Å². The van der Waals surface area contributed by atoms with Crippen LogP contribution in [0.4, 0.5) is 4.79 Å². The van der Waals surface area contributed by atoms with Crippen molar-refractivity contribution in [3.8, 4) is 0 Å². The van der Waals surface area contributed by atoms with Crippen LogP contribution in [-0.4, -0.2) is 63.6 Å². The molecule has 1 rings (SSSR count). The summed E-state index contributed by atoms with van der Waals surface area (Å²) in [6.07, 6.45) is -0.00833. The minimum Gasteiger partial charge on any atom is -0.481 e. The molecule has 1 saturated heterocycles. The Morgan fingerprint density at radius 3 is 2.28 bits per heavy atom. The number of carboxylic acids is 1. The highest BCUT2D eigenvalue weighted by Crippen LogP contribution is 2.19. The van der Waals surface area contributed by atoms with Crippen molar-refractivity contribution >= 4 is 23.8 Å². The zero-order chi connectivity index (χ0) is 13.8.